The first-order chi connectivity index (χ1) is 6.24. The first-order valence-corrected chi connectivity index (χ1v) is 6.84. The zero-order valence-electron chi connectivity index (χ0n) is 7.43. The van der Waals surface area contributed by atoms with Crippen molar-refractivity contribution in [3.63, 3.8) is 0 Å². The summed E-state index contributed by atoms with van der Waals surface area (Å²) in [5.74, 6) is 0. The summed E-state index contributed by atoms with van der Waals surface area (Å²) in [5.41, 5.74) is 1.35. The Kier molecular flexibility index (Phi) is 2.67. The number of fused-ring (bicyclic) bond motifs is 1. The van der Waals surface area contributed by atoms with Gasteiger partial charge in [0.1, 0.15) is 0 Å². The number of halogens is 1. The summed E-state index contributed by atoms with van der Waals surface area (Å²) in [6, 6.07) is 4.37. The van der Waals surface area contributed by atoms with Crippen molar-refractivity contribution in [1.82, 2.24) is 0 Å². The monoisotopic (exact) mass is 272 g/mol. The van der Waals surface area contributed by atoms with Crippen molar-refractivity contribution in [2.24, 2.45) is 0 Å². The quantitative estimate of drug-likeness (QED) is 0.679. The predicted octanol–water partition coefficient (Wildman–Crippen LogP) is 4.69. The van der Waals surface area contributed by atoms with Gasteiger partial charge in [0.15, 0.2) is 0 Å². The maximum Gasteiger partial charge on any atom is 0.0481 e. The highest BCUT2D eigenvalue weighted by Crippen LogP contribution is 2.37. The largest absolute Gasteiger partial charge is 0.143 e. The average Bonchev–Trinajstić information content (AvgIpc) is 2.54. The summed E-state index contributed by atoms with van der Waals surface area (Å²) in [7, 11) is 0. The van der Waals surface area contributed by atoms with Crippen LogP contribution in [0.5, 0.6) is 0 Å². The summed E-state index contributed by atoms with van der Waals surface area (Å²) in [6.07, 6.45) is 2.13. The molecule has 3 heteroatoms. The molecule has 2 rings (SSSR count). The van der Waals surface area contributed by atoms with Crippen LogP contribution in [0.3, 0.4) is 0 Å². The fourth-order valence-corrected chi connectivity index (χ4v) is 3.95. The molecule has 0 fully saturated rings. The molecule has 0 saturated heterocycles. The van der Waals surface area contributed by atoms with E-state index in [1.165, 1.54) is 25.0 Å². The molecule has 0 N–H and O–H groups in total. The summed E-state index contributed by atoms with van der Waals surface area (Å²) >= 11 is 7.23. The van der Waals surface area contributed by atoms with Gasteiger partial charge in [0, 0.05) is 14.1 Å². The topological polar surface area (TPSA) is 0 Å². The maximum atomic E-state index is 3.58. The minimum absolute atomic E-state index is 1.21. The van der Waals surface area contributed by atoms with E-state index in [4.69, 9.17) is 0 Å². The van der Waals surface area contributed by atoms with Crippen LogP contribution in [0.4, 0.5) is 0 Å². The van der Waals surface area contributed by atoms with Crippen LogP contribution in [0.25, 0.3) is 10.1 Å². The molecule has 0 spiro atoms. The van der Waals surface area contributed by atoms with Crippen molar-refractivity contribution in [3.8, 4) is 0 Å². The van der Waals surface area contributed by atoms with E-state index in [-0.39, 0.29) is 0 Å². The second-order valence-corrected chi connectivity index (χ2v) is 5.44. The first-order valence-electron chi connectivity index (χ1n) is 3.94. The Morgan fingerprint density at radius 1 is 1.46 bits per heavy atom. The number of thioether (sulfide) groups is 1. The lowest BCUT2D eigenvalue weighted by atomic mass is 10.2. The Balaban J connectivity index is 2.87. The molecule has 68 valence electrons. The Morgan fingerprint density at radius 3 is 2.92 bits per heavy atom. The molecule has 1 heterocycles. The van der Waals surface area contributed by atoms with Crippen LogP contribution in [0, 0.1) is 6.92 Å². The summed E-state index contributed by atoms with van der Waals surface area (Å²) in [5, 5.41) is 3.49. The van der Waals surface area contributed by atoms with Gasteiger partial charge in [-0.3, -0.25) is 0 Å². The van der Waals surface area contributed by atoms with Crippen molar-refractivity contribution in [2.75, 3.05) is 6.26 Å². The molecule has 0 unspecified atom stereocenters. The van der Waals surface area contributed by atoms with E-state index in [0.29, 0.717) is 0 Å². The third kappa shape index (κ3) is 1.53. The normalized spacial score (nSPS) is 11.0. The van der Waals surface area contributed by atoms with Gasteiger partial charge in [0.05, 0.1) is 0 Å². The van der Waals surface area contributed by atoms with Gasteiger partial charge >= 0.3 is 0 Å². The highest BCUT2D eigenvalue weighted by Gasteiger charge is 2.08. The van der Waals surface area contributed by atoms with Crippen LogP contribution in [-0.4, -0.2) is 6.26 Å². The second-order valence-electron chi connectivity index (χ2n) is 2.86. The molecule has 0 bridgehead atoms. The third-order valence-electron chi connectivity index (χ3n) is 2.09. The number of hydrogen-bond donors (Lipinski definition) is 0. The number of benzene rings is 1. The van der Waals surface area contributed by atoms with Crippen molar-refractivity contribution < 1.29 is 0 Å². The Labute approximate surface area is 94.5 Å². The summed E-state index contributed by atoms with van der Waals surface area (Å²) in [6.45, 7) is 2.16. The van der Waals surface area contributed by atoms with E-state index >= 15 is 0 Å². The predicted molar refractivity (Wildman–Crippen MR) is 66.0 cm³/mol. The van der Waals surface area contributed by atoms with E-state index in [1.54, 1.807) is 0 Å². The van der Waals surface area contributed by atoms with Gasteiger partial charge in [0.2, 0.25) is 0 Å². The SMILES string of the molecule is CSc1c(C)c(Br)cc2ccsc12. The second kappa shape index (κ2) is 3.64. The Hall–Kier alpha value is 0.01000. The van der Waals surface area contributed by atoms with E-state index in [9.17, 15) is 0 Å². The molecule has 0 nitrogen and oxygen atoms in total. The highest BCUT2D eigenvalue weighted by molar-refractivity contribution is 9.10. The lowest BCUT2D eigenvalue weighted by molar-refractivity contribution is 1.34. The van der Waals surface area contributed by atoms with E-state index < -0.39 is 0 Å². The van der Waals surface area contributed by atoms with Crippen LogP contribution in [0.15, 0.2) is 26.9 Å². The zero-order chi connectivity index (χ0) is 9.42. The zero-order valence-corrected chi connectivity index (χ0v) is 10.6. The minimum Gasteiger partial charge on any atom is -0.143 e. The maximum absolute atomic E-state index is 3.58. The van der Waals surface area contributed by atoms with Crippen LogP contribution in [-0.2, 0) is 0 Å². The molecular formula is C10H9BrS2. The van der Waals surface area contributed by atoms with Crippen LogP contribution < -0.4 is 0 Å². The first kappa shape index (κ1) is 9.56. The van der Waals surface area contributed by atoms with Gasteiger partial charge in [-0.1, -0.05) is 15.9 Å². The molecule has 0 aliphatic carbocycles. The van der Waals surface area contributed by atoms with E-state index in [2.05, 4.69) is 46.6 Å². The van der Waals surface area contributed by atoms with E-state index in [1.807, 2.05) is 23.1 Å². The molecule has 13 heavy (non-hydrogen) atoms. The number of rotatable bonds is 1. The third-order valence-corrected chi connectivity index (χ3v) is 4.91. The van der Waals surface area contributed by atoms with Gasteiger partial charge in [0.25, 0.3) is 0 Å². The van der Waals surface area contributed by atoms with Gasteiger partial charge in [-0.15, -0.1) is 23.1 Å². The van der Waals surface area contributed by atoms with Crippen molar-refractivity contribution in [2.45, 2.75) is 11.8 Å². The smallest absolute Gasteiger partial charge is 0.0481 e. The molecule has 2 aromatic rings. The molecular weight excluding hydrogens is 264 g/mol. The Bertz CT molecular complexity index is 445. The molecule has 0 aliphatic rings. The van der Waals surface area contributed by atoms with Gasteiger partial charge in [-0.2, -0.15) is 0 Å². The molecule has 0 amide bonds. The lowest BCUT2D eigenvalue weighted by Gasteiger charge is -2.06. The van der Waals surface area contributed by atoms with E-state index in [0.717, 1.165) is 0 Å². The minimum atomic E-state index is 1.21. The standard InChI is InChI=1S/C10H9BrS2/c1-6-8(11)5-7-3-4-13-10(7)9(6)12-2/h3-5H,1-2H3. The van der Waals surface area contributed by atoms with Crippen LogP contribution >= 0.6 is 39.0 Å². The fourth-order valence-electron chi connectivity index (χ4n) is 1.39. The molecule has 1 aromatic heterocycles. The average molecular weight is 273 g/mol. The molecule has 1 aromatic carbocycles. The van der Waals surface area contributed by atoms with Gasteiger partial charge < -0.3 is 0 Å². The van der Waals surface area contributed by atoms with Crippen LogP contribution in [0.2, 0.25) is 0 Å². The van der Waals surface area contributed by atoms with Gasteiger partial charge in [-0.25, -0.2) is 0 Å². The van der Waals surface area contributed by atoms with Gasteiger partial charge in [-0.05, 0) is 41.6 Å². The number of hydrogen-bond acceptors (Lipinski definition) is 2. The molecule has 0 aliphatic heterocycles. The van der Waals surface area contributed by atoms with Crippen molar-refractivity contribution >= 4 is 49.1 Å². The number of thiophene rings is 1. The highest BCUT2D eigenvalue weighted by atomic mass is 79.9. The molecule has 0 saturated carbocycles. The van der Waals surface area contributed by atoms with Crippen molar-refractivity contribution in [1.29, 1.82) is 0 Å². The van der Waals surface area contributed by atoms with Crippen molar-refractivity contribution in [3.05, 3.63) is 27.5 Å². The Morgan fingerprint density at radius 2 is 2.23 bits per heavy atom. The lowest BCUT2D eigenvalue weighted by Crippen LogP contribution is -1.81. The van der Waals surface area contributed by atoms with Crippen LogP contribution in [0.1, 0.15) is 5.56 Å². The summed E-state index contributed by atoms with van der Waals surface area (Å²) < 4.78 is 2.62. The molecule has 0 radical (unpaired) electrons. The molecule has 0 atom stereocenters. The summed E-state index contributed by atoms with van der Waals surface area (Å²) in [4.78, 5) is 1.40. The fraction of sp³-hybridized carbons (Fsp3) is 0.200.